The van der Waals surface area contributed by atoms with E-state index in [1.807, 2.05) is 0 Å². The standard InChI is InChI=1S/C17H23N3O/c1-3-17(2)14-10-13(12-6-8-18-9-7-12)4-5-15(14)20-16(17)19-11-21/h4-5,10-12,18H,3,6-9H2,1-2H3,(H,19,20,21). The summed E-state index contributed by atoms with van der Waals surface area (Å²) >= 11 is 0. The van der Waals surface area contributed by atoms with E-state index in [0.29, 0.717) is 5.92 Å². The number of amidine groups is 1. The molecule has 1 saturated heterocycles. The summed E-state index contributed by atoms with van der Waals surface area (Å²) in [6.45, 7) is 6.51. The van der Waals surface area contributed by atoms with Gasteiger partial charge in [-0.2, -0.15) is 0 Å². The number of carbonyl (C=O) groups excluding carboxylic acids is 1. The van der Waals surface area contributed by atoms with Gasteiger partial charge in [-0.1, -0.05) is 19.1 Å². The summed E-state index contributed by atoms with van der Waals surface area (Å²) in [5, 5.41) is 6.21. The summed E-state index contributed by atoms with van der Waals surface area (Å²) in [5.74, 6) is 1.41. The summed E-state index contributed by atoms with van der Waals surface area (Å²) in [7, 11) is 0. The van der Waals surface area contributed by atoms with E-state index < -0.39 is 0 Å². The second kappa shape index (κ2) is 5.60. The topological polar surface area (TPSA) is 53.5 Å². The van der Waals surface area contributed by atoms with Gasteiger partial charge < -0.3 is 10.6 Å². The SMILES string of the molecule is CCC1(C)C(NC=O)=Nc2ccc(C3CCNCC3)cc21. The monoisotopic (exact) mass is 285 g/mol. The van der Waals surface area contributed by atoms with Crippen LogP contribution in [0.3, 0.4) is 0 Å². The van der Waals surface area contributed by atoms with Crippen LogP contribution in [-0.4, -0.2) is 25.3 Å². The number of hydrogen-bond donors (Lipinski definition) is 2. The van der Waals surface area contributed by atoms with Crippen molar-refractivity contribution >= 4 is 17.9 Å². The summed E-state index contributed by atoms with van der Waals surface area (Å²) in [6, 6.07) is 6.64. The molecule has 3 rings (SSSR count). The predicted octanol–water partition coefficient (Wildman–Crippen LogP) is 2.61. The third kappa shape index (κ3) is 2.38. The minimum absolute atomic E-state index is 0.181. The molecule has 1 fully saturated rings. The number of hydrogen-bond acceptors (Lipinski definition) is 3. The summed E-state index contributed by atoms with van der Waals surface area (Å²) in [4.78, 5) is 15.4. The molecule has 2 N–H and O–H groups in total. The van der Waals surface area contributed by atoms with Crippen LogP contribution in [0.1, 0.15) is 50.2 Å². The highest BCUT2D eigenvalue weighted by Crippen LogP contribution is 2.43. The maximum atomic E-state index is 10.8. The van der Waals surface area contributed by atoms with Gasteiger partial charge in [0.1, 0.15) is 5.84 Å². The van der Waals surface area contributed by atoms with Crippen molar-refractivity contribution in [3.05, 3.63) is 29.3 Å². The molecule has 0 aromatic heterocycles. The average molecular weight is 285 g/mol. The highest BCUT2D eigenvalue weighted by atomic mass is 16.1. The Morgan fingerprint density at radius 3 is 2.86 bits per heavy atom. The van der Waals surface area contributed by atoms with E-state index in [1.165, 1.54) is 24.0 Å². The minimum Gasteiger partial charge on any atom is -0.317 e. The van der Waals surface area contributed by atoms with Gasteiger partial charge in [0.25, 0.3) is 0 Å². The van der Waals surface area contributed by atoms with Crippen LogP contribution in [0, 0.1) is 0 Å². The van der Waals surface area contributed by atoms with Gasteiger partial charge in [0.2, 0.25) is 6.41 Å². The first-order valence-corrected chi connectivity index (χ1v) is 7.83. The summed E-state index contributed by atoms with van der Waals surface area (Å²) < 4.78 is 0. The lowest BCUT2D eigenvalue weighted by Crippen LogP contribution is -2.38. The van der Waals surface area contributed by atoms with E-state index in [2.05, 4.69) is 47.7 Å². The number of fused-ring (bicyclic) bond motifs is 1. The van der Waals surface area contributed by atoms with E-state index in [0.717, 1.165) is 37.4 Å². The number of nitrogens with zero attached hydrogens (tertiary/aromatic N) is 1. The number of aliphatic imine (C=N–C) groups is 1. The smallest absolute Gasteiger partial charge is 0.212 e. The van der Waals surface area contributed by atoms with Gasteiger partial charge in [-0.05, 0) is 62.4 Å². The third-order valence-corrected chi connectivity index (χ3v) is 5.08. The molecule has 0 aliphatic carbocycles. The molecule has 1 aromatic rings. The maximum absolute atomic E-state index is 10.8. The predicted molar refractivity (Wildman–Crippen MR) is 85.2 cm³/mol. The molecular weight excluding hydrogens is 262 g/mol. The van der Waals surface area contributed by atoms with Crippen LogP contribution in [-0.2, 0) is 10.2 Å². The van der Waals surface area contributed by atoms with Crippen molar-refractivity contribution in [2.75, 3.05) is 13.1 Å². The second-order valence-electron chi connectivity index (χ2n) is 6.21. The lowest BCUT2D eigenvalue weighted by molar-refractivity contribution is -0.108. The van der Waals surface area contributed by atoms with E-state index in [1.54, 1.807) is 0 Å². The van der Waals surface area contributed by atoms with E-state index in [9.17, 15) is 4.79 Å². The zero-order valence-corrected chi connectivity index (χ0v) is 12.8. The van der Waals surface area contributed by atoms with Crippen LogP contribution in [0.15, 0.2) is 23.2 Å². The quantitative estimate of drug-likeness (QED) is 0.839. The Bertz CT molecular complexity index is 575. The number of rotatable bonds is 3. The Morgan fingerprint density at radius 2 is 2.19 bits per heavy atom. The molecule has 0 spiro atoms. The van der Waals surface area contributed by atoms with Gasteiger partial charge in [0, 0.05) is 0 Å². The zero-order chi connectivity index (χ0) is 14.9. The van der Waals surface area contributed by atoms with Gasteiger partial charge in [-0.3, -0.25) is 4.79 Å². The fourth-order valence-electron chi connectivity index (χ4n) is 3.48. The van der Waals surface area contributed by atoms with Gasteiger partial charge in [0.15, 0.2) is 0 Å². The highest BCUT2D eigenvalue weighted by molar-refractivity contribution is 6.04. The van der Waals surface area contributed by atoms with Crippen molar-refractivity contribution in [1.29, 1.82) is 0 Å². The number of carbonyl (C=O) groups is 1. The average Bonchev–Trinajstić information content (AvgIpc) is 2.81. The molecule has 0 bridgehead atoms. The minimum atomic E-state index is -0.181. The van der Waals surface area contributed by atoms with E-state index >= 15 is 0 Å². The third-order valence-electron chi connectivity index (χ3n) is 5.08. The summed E-state index contributed by atoms with van der Waals surface area (Å²) in [6.07, 6.45) is 4.05. The first kappa shape index (κ1) is 14.3. The van der Waals surface area contributed by atoms with Crippen LogP contribution in [0.25, 0.3) is 0 Å². The molecule has 2 aliphatic rings. The second-order valence-corrected chi connectivity index (χ2v) is 6.21. The van der Waals surface area contributed by atoms with Gasteiger partial charge >= 0.3 is 0 Å². The fourth-order valence-corrected chi connectivity index (χ4v) is 3.48. The lowest BCUT2D eigenvalue weighted by atomic mass is 9.78. The number of benzene rings is 1. The van der Waals surface area contributed by atoms with Crippen molar-refractivity contribution in [3.8, 4) is 0 Å². The molecule has 1 unspecified atom stereocenters. The van der Waals surface area contributed by atoms with E-state index in [4.69, 9.17) is 0 Å². The van der Waals surface area contributed by atoms with Crippen LogP contribution in [0.4, 0.5) is 5.69 Å². The molecule has 1 aromatic carbocycles. The lowest BCUT2D eigenvalue weighted by Gasteiger charge is -2.28. The molecule has 0 saturated carbocycles. The molecule has 2 aliphatic heterocycles. The summed E-state index contributed by atoms with van der Waals surface area (Å²) in [5.41, 5.74) is 3.49. The van der Waals surface area contributed by atoms with Crippen LogP contribution in [0.5, 0.6) is 0 Å². The molecule has 4 heteroatoms. The first-order valence-electron chi connectivity index (χ1n) is 7.83. The maximum Gasteiger partial charge on any atom is 0.212 e. The Labute approximate surface area is 126 Å². The van der Waals surface area contributed by atoms with Crippen molar-refractivity contribution in [2.24, 2.45) is 4.99 Å². The molecule has 1 atom stereocenters. The largest absolute Gasteiger partial charge is 0.317 e. The Kier molecular flexibility index (Phi) is 3.81. The molecule has 1 amide bonds. The molecular formula is C17H23N3O. The Morgan fingerprint density at radius 1 is 1.43 bits per heavy atom. The fraction of sp³-hybridized carbons (Fsp3) is 0.529. The van der Waals surface area contributed by atoms with Crippen molar-refractivity contribution in [3.63, 3.8) is 0 Å². The van der Waals surface area contributed by atoms with Crippen molar-refractivity contribution in [1.82, 2.24) is 10.6 Å². The Balaban J connectivity index is 1.96. The molecule has 21 heavy (non-hydrogen) atoms. The molecule has 0 radical (unpaired) electrons. The van der Waals surface area contributed by atoms with Gasteiger partial charge in [-0.25, -0.2) is 4.99 Å². The Hall–Kier alpha value is -1.68. The van der Waals surface area contributed by atoms with Crippen LogP contribution in [0.2, 0.25) is 0 Å². The normalized spacial score (nSPS) is 25.3. The van der Waals surface area contributed by atoms with Crippen LogP contribution >= 0.6 is 0 Å². The number of piperidine rings is 1. The number of amides is 1. The highest BCUT2D eigenvalue weighted by Gasteiger charge is 2.38. The van der Waals surface area contributed by atoms with Gasteiger partial charge in [-0.15, -0.1) is 0 Å². The van der Waals surface area contributed by atoms with Crippen molar-refractivity contribution in [2.45, 2.75) is 44.4 Å². The number of nitrogens with one attached hydrogen (secondary N) is 2. The first-order chi connectivity index (χ1) is 10.2. The van der Waals surface area contributed by atoms with Gasteiger partial charge in [0.05, 0.1) is 11.1 Å². The van der Waals surface area contributed by atoms with E-state index in [-0.39, 0.29) is 5.41 Å². The molecule has 4 nitrogen and oxygen atoms in total. The van der Waals surface area contributed by atoms with Crippen molar-refractivity contribution < 1.29 is 4.79 Å². The molecule has 2 heterocycles. The van der Waals surface area contributed by atoms with Crippen LogP contribution < -0.4 is 10.6 Å². The molecule has 112 valence electrons. The zero-order valence-electron chi connectivity index (χ0n) is 12.8.